The molecule has 3 heteroatoms. The molecule has 0 N–H and O–H groups in total. The monoisotopic (exact) mass is 368 g/mol. The Labute approximate surface area is 158 Å². The molecule has 23 heavy (non-hydrogen) atoms. The zero-order chi connectivity index (χ0) is 16.6. The van der Waals surface area contributed by atoms with Gasteiger partial charge >= 0.3 is 0 Å². The average Bonchev–Trinajstić information content (AvgIpc) is 2.56. The van der Waals surface area contributed by atoms with Crippen molar-refractivity contribution in [3.05, 3.63) is 35.9 Å². The van der Waals surface area contributed by atoms with Crippen LogP contribution in [0.2, 0.25) is 0 Å². The summed E-state index contributed by atoms with van der Waals surface area (Å²) in [5.41, 5.74) is 1.49. The number of rotatable bonds is 14. The molecule has 0 amide bonds. The molecule has 0 nitrogen and oxygen atoms in total. The standard InChI is InChI=1S/C20H32S3/c21-20(22)23-18-14-9-7-5-3-1-2-4-6-8-11-15-19-16-12-10-13-17-19/h10,12-13,16-17H,1-9,11,14-15,18H2,(H,21,22). The van der Waals surface area contributed by atoms with Crippen molar-refractivity contribution in [3.63, 3.8) is 0 Å². The second-order valence-electron chi connectivity index (χ2n) is 6.24. The van der Waals surface area contributed by atoms with Gasteiger partial charge in [-0.2, -0.15) is 0 Å². The number of thiocarbonyl (C=S) groups is 1. The van der Waals surface area contributed by atoms with Crippen LogP contribution in [-0.4, -0.2) is 9.28 Å². The van der Waals surface area contributed by atoms with Gasteiger partial charge in [0, 0.05) is 0 Å². The summed E-state index contributed by atoms with van der Waals surface area (Å²) in [6.45, 7) is 0. The highest BCUT2D eigenvalue weighted by Crippen LogP contribution is 2.15. The lowest BCUT2D eigenvalue weighted by Gasteiger charge is -2.03. The minimum absolute atomic E-state index is 0.786. The van der Waals surface area contributed by atoms with E-state index in [1.807, 2.05) is 0 Å². The number of hydrogen-bond acceptors (Lipinski definition) is 2. The molecule has 0 radical (unpaired) electrons. The Balaban J connectivity index is 1.74. The molecule has 0 aliphatic rings. The predicted molar refractivity (Wildman–Crippen MR) is 115 cm³/mol. The predicted octanol–water partition coefficient (Wildman–Crippen LogP) is 7.47. The van der Waals surface area contributed by atoms with E-state index in [1.165, 1.54) is 82.6 Å². The maximum absolute atomic E-state index is 4.93. The zero-order valence-electron chi connectivity index (χ0n) is 14.3. The number of thiol groups is 1. The maximum Gasteiger partial charge on any atom is 0.101 e. The van der Waals surface area contributed by atoms with Crippen LogP contribution >= 0.6 is 36.6 Å². The third-order valence-electron chi connectivity index (χ3n) is 4.18. The minimum atomic E-state index is 0.786. The van der Waals surface area contributed by atoms with Crippen LogP contribution in [0.5, 0.6) is 0 Å². The van der Waals surface area contributed by atoms with E-state index in [1.54, 1.807) is 11.8 Å². The molecule has 0 saturated heterocycles. The summed E-state index contributed by atoms with van der Waals surface area (Å²) in [7, 11) is 0. The molecule has 0 fully saturated rings. The summed E-state index contributed by atoms with van der Waals surface area (Å²) < 4.78 is 0.786. The molecule has 1 aromatic rings. The largest absolute Gasteiger partial charge is 0.125 e. The smallest absolute Gasteiger partial charge is 0.101 e. The second-order valence-corrected chi connectivity index (χ2v) is 9.06. The Kier molecular flexibility index (Phi) is 14.2. The molecule has 1 rings (SSSR count). The first-order valence-corrected chi connectivity index (χ1v) is 11.0. The van der Waals surface area contributed by atoms with Gasteiger partial charge in [-0.1, -0.05) is 100 Å². The quantitative estimate of drug-likeness (QED) is 0.205. The summed E-state index contributed by atoms with van der Waals surface area (Å²) >= 11 is 10.8. The summed E-state index contributed by atoms with van der Waals surface area (Å²) in [4.78, 5) is 0. The second kappa shape index (κ2) is 15.5. The number of thioether (sulfide) groups is 1. The number of hydrogen-bond donors (Lipinski definition) is 1. The van der Waals surface area contributed by atoms with Crippen molar-refractivity contribution in [3.8, 4) is 0 Å². The molecular weight excluding hydrogens is 336 g/mol. The topological polar surface area (TPSA) is 0 Å². The first kappa shape index (κ1) is 21.1. The van der Waals surface area contributed by atoms with Crippen LogP contribution in [-0.2, 0) is 6.42 Å². The van der Waals surface area contributed by atoms with Crippen LogP contribution in [0.1, 0.15) is 76.2 Å². The number of benzene rings is 1. The van der Waals surface area contributed by atoms with Gasteiger partial charge in [0.1, 0.15) is 3.53 Å². The normalized spacial score (nSPS) is 10.8. The molecule has 0 unspecified atom stereocenters. The Morgan fingerprint density at radius 1 is 0.739 bits per heavy atom. The molecular formula is C20H32S3. The van der Waals surface area contributed by atoms with Gasteiger partial charge in [0.25, 0.3) is 0 Å². The molecule has 0 aliphatic heterocycles. The highest BCUT2D eigenvalue weighted by Gasteiger charge is 1.96. The Bertz CT molecular complexity index is 389. The molecule has 130 valence electrons. The van der Waals surface area contributed by atoms with Crippen LogP contribution in [0.25, 0.3) is 0 Å². The van der Waals surface area contributed by atoms with Crippen LogP contribution < -0.4 is 0 Å². The van der Waals surface area contributed by atoms with E-state index in [-0.39, 0.29) is 0 Å². The first-order chi connectivity index (χ1) is 11.3. The van der Waals surface area contributed by atoms with Gasteiger partial charge in [0.05, 0.1) is 0 Å². The lowest BCUT2D eigenvalue weighted by atomic mass is 10.0. The van der Waals surface area contributed by atoms with Gasteiger partial charge in [-0.15, -0.1) is 24.4 Å². The number of aryl methyl sites for hydroxylation is 1. The summed E-state index contributed by atoms with van der Waals surface area (Å²) in [6.07, 6.45) is 16.5. The van der Waals surface area contributed by atoms with Gasteiger partial charge in [0.2, 0.25) is 0 Å². The van der Waals surface area contributed by atoms with Crippen LogP contribution in [0.3, 0.4) is 0 Å². The van der Waals surface area contributed by atoms with Crippen molar-refractivity contribution in [2.75, 3.05) is 5.75 Å². The lowest BCUT2D eigenvalue weighted by Crippen LogP contribution is -1.86. The third kappa shape index (κ3) is 14.1. The van der Waals surface area contributed by atoms with Crippen LogP contribution in [0, 0.1) is 0 Å². The van der Waals surface area contributed by atoms with Gasteiger partial charge in [-0.3, -0.25) is 0 Å². The fourth-order valence-electron chi connectivity index (χ4n) is 2.83. The third-order valence-corrected chi connectivity index (χ3v) is 5.66. The van der Waals surface area contributed by atoms with Crippen molar-refractivity contribution in [2.24, 2.45) is 0 Å². The van der Waals surface area contributed by atoms with Crippen molar-refractivity contribution < 1.29 is 0 Å². The fraction of sp³-hybridized carbons (Fsp3) is 0.650. The lowest BCUT2D eigenvalue weighted by molar-refractivity contribution is 0.550. The van der Waals surface area contributed by atoms with E-state index >= 15 is 0 Å². The molecule has 0 heterocycles. The highest BCUT2D eigenvalue weighted by molar-refractivity contribution is 8.41. The van der Waals surface area contributed by atoms with Gasteiger partial charge < -0.3 is 0 Å². The average molecular weight is 369 g/mol. The highest BCUT2D eigenvalue weighted by atomic mass is 32.2. The fourth-order valence-corrected chi connectivity index (χ4v) is 3.87. The van der Waals surface area contributed by atoms with Crippen molar-refractivity contribution >= 4 is 40.1 Å². The molecule has 0 saturated carbocycles. The van der Waals surface area contributed by atoms with Crippen LogP contribution in [0.15, 0.2) is 30.3 Å². The molecule has 0 aliphatic carbocycles. The van der Waals surface area contributed by atoms with Gasteiger partial charge in [0.15, 0.2) is 0 Å². The molecule has 1 aromatic carbocycles. The van der Waals surface area contributed by atoms with Crippen molar-refractivity contribution in [2.45, 2.75) is 77.0 Å². The minimum Gasteiger partial charge on any atom is -0.125 e. The Morgan fingerprint density at radius 3 is 1.74 bits per heavy atom. The molecule has 0 atom stereocenters. The number of unbranched alkanes of at least 4 members (excludes halogenated alkanes) is 10. The van der Waals surface area contributed by atoms with Gasteiger partial charge in [-0.25, -0.2) is 0 Å². The van der Waals surface area contributed by atoms with Crippen molar-refractivity contribution in [1.82, 2.24) is 0 Å². The van der Waals surface area contributed by atoms with Gasteiger partial charge in [-0.05, 0) is 30.6 Å². The van der Waals surface area contributed by atoms with E-state index in [0.717, 1.165) is 9.28 Å². The summed E-state index contributed by atoms with van der Waals surface area (Å²) in [5, 5.41) is 0. The van der Waals surface area contributed by atoms with E-state index in [2.05, 4.69) is 43.0 Å². The van der Waals surface area contributed by atoms with E-state index < -0.39 is 0 Å². The summed E-state index contributed by atoms with van der Waals surface area (Å²) in [6, 6.07) is 10.9. The van der Waals surface area contributed by atoms with E-state index in [4.69, 9.17) is 12.2 Å². The van der Waals surface area contributed by atoms with E-state index in [9.17, 15) is 0 Å². The summed E-state index contributed by atoms with van der Waals surface area (Å²) in [5.74, 6) is 1.14. The zero-order valence-corrected chi connectivity index (χ0v) is 16.9. The van der Waals surface area contributed by atoms with Crippen molar-refractivity contribution in [1.29, 1.82) is 0 Å². The van der Waals surface area contributed by atoms with E-state index in [0.29, 0.717) is 0 Å². The molecule has 0 aromatic heterocycles. The molecule has 0 spiro atoms. The molecule has 0 bridgehead atoms. The maximum atomic E-state index is 4.93. The Hall–Kier alpha value is 0.01000. The van der Waals surface area contributed by atoms with Crippen LogP contribution in [0.4, 0.5) is 0 Å². The first-order valence-electron chi connectivity index (χ1n) is 9.18. The SMILES string of the molecule is S=C(S)SCCCCCCCCCCCCCc1ccccc1. The Morgan fingerprint density at radius 2 is 1.22 bits per heavy atom.